The molecule has 0 nitrogen and oxygen atoms in total. The second-order valence-electron chi connectivity index (χ2n) is 11.3. The molecule has 1 heteroatoms. The van der Waals surface area contributed by atoms with Crippen molar-refractivity contribution in [2.24, 2.45) is 0 Å². The standard InChI is InChI=1S/C38H38B/c1-2-3-4-5-6-13-29-39(36-26-14-20-30-17-7-10-23-33(30)36,37-27-15-21-31-18-8-11-24-34(31)37)38-28-16-22-32-19-9-12-25-35(32)38/h7-12,14-28H,2-6,13,29H2,1H3/q-1. The molecule has 0 amide bonds. The van der Waals surface area contributed by atoms with Gasteiger partial charge in [0.2, 0.25) is 0 Å². The van der Waals surface area contributed by atoms with Crippen LogP contribution in [0.25, 0.3) is 32.3 Å². The molecule has 0 unspecified atom stereocenters. The summed E-state index contributed by atoms with van der Waals surface area (Å²) in [5.74, 6) is 0. The predicted molar refractivity (Wildman–Crippen MR) is 175 cm³/mol. The van der Waals surface area contributed by atoms with Crippen LogP contribution in [0.15, 0.2) is 127 Å². The summed E-state index contributed by atoms with van der Waals surface area (Å²) >= 11 is 0. The summed E-state index contributed by atoms with van der Waals surface area (Å²) in [5.41, 5.74) is 4.44. The smallest absolute Gasteiger partial charge is 0.0837 e. The molecular formula is C38H38B-. The van der Waals surface area contributed by atoms with E-state index in [1.54, 1.807) is 0 Å². The number of benzene rings is 6. The molecule has 6 rings (SSSR count). The SMILES string of the molecule is CCCCCCCC[B-](c1cccc2ccccc12)(c1cccc2ccccc12)c1cccc2ccccc12. The van der Waals surface area contributed by atoms with E-state index < -0.39 is 6.15 Å². The highest BCUT2D eigenvalue weighted by molar-refractivity contribution is 7.14. The van der Waals surface area contributed by atoms with Crippen molar-refractivity contribution in [2.45, 2.75) is 51.8 Å². The molecule has 0 heterocycles. The minimum atomic E-state index is -1.27. The van der Waals surface area contributed by atoms with Crippen LogP contribution < -0.4 is 16.4 Å². The molecule has 0 aromatic heterocycles. The van der Waals surface area contributed by atoms with Gasteiger partial charge in [-0.15, -0.1) is 0 Å². The molecule has 0 spiro atoms. The van der Waals surface area contributed by atoms with Crippen molar-refractivity contribution in [1.82, 2.24) is 0 Å². The molecule has 6 aromatic rings. The highest BCUT2D eigenvalue weighted by Gasteiger charge is 2.33. The Hall–Kier alpha value is -3.84. The van der Waals surface area contributed by atoms with Gasteiger partial charge in [0.1, 0.15) is 0 Å². The van der Waals surface area contributed by atoms with Crippen molar-refractivity contribution in [3.05, 3.63) is 127 Å². The predicted octanol–water partition coefficient (Wildman–Crippen LogP) is 8.98. The van der Waals surface area contributed by atoms with Crippen LogP contribution in [-0.2, 0) is 0 Å². The van der Waals surface area contributed by atoms with E-state index in [4.69, 9.17) is 0 Å². The monoisotopic (exact) mass is 505 g/mol. The zero-order valence-corrected chi connectivity index (χ0v) is 23.2. The van der Waals surface area contributed by atoms with Crippen molar-refractivity contribution >= 4 is 54.9 Å². The Bertz CT molecular complexity index is 1510. The third kappa shape index (κ3) is 4.76. The van der Waals surface area contributed by atoms with Crippen molar-refractivity contribution in [2.75, 3.05) is 0 Å². The van der Waals surface area contributed by atoms with Gasteiger partial charge < -0.3 is 0 Å². The van der Waals surface area contributed by atoms with Gasteiger partial charge in [0, 0.05) is 0 Å². The van der Waals surface area contributed by atoms with E-state index in [0.29, 0.717) is 0 Å². The molecule has 0 aliphatic carbocycles. The van der Waals surface area contributed by atoms with Crippen LogP contribution in [0.5, 0.6) is 0 Å². The second-order valence-corrected chi connectivity index (χ2v) is 11.3. The molecule has 0 aliphatic rings. The molecule has 6 aromatic carbocycles. The summed E-state index contributed by atoms with van der Waals surface area (Å²) in [7, 11) is 0. The van der Waals surface area contributed by atoms with Gasteiger partial charge in [0.15, 0.2) is 0 Å². The highest BCUT2D eigenvalue weighted by atomic mass is 14.2. The second kappa shape index (κ2) is 11.5. The van der Waals surface area contributed by atoms with Gasteiger partial charge in [-0.1, -0.05) is 189 Å². The van der Waals surface area contributed by atoms with E-state index in [1.807, 2.05) is 0 Å². The van der Waals surface area contributed by atoms with Gasteiger partial charge in [-0.3, -0.25) is 0 Å². The first-order chi connectivity index (χ1) is 19.3. The van der Waals surface area contributed by atoms with E-state index in [0.717, 1.165) is 6.32 Å². The number of rotatable bonds is 10. The zero-order valence-electron chi connectivity index (χ0n) is 23.2. The van der Waals surface area contributed by atoms with Crippen molar-refractivity contribution in [3.63, 3.8) is 0 Å². The third-order valence-corrected chi connectivity index (χ3v) is 9.05. The fraction of sp³-hybridized carbons (Fsp3) is 0.211. The average molecular weight is 506 g/mol. The van der Waals surface area contributed by atoms with E-state index >= 15 is 0 Å². The molecule has 0 atom stereocenters. The van der Waals surface area contributed by atoms with Crippen LogP contribution in [0.2, 0.25) is 6.32 Å². The fourth-order valence-corrected chi connectivity index (χ4v) is 7.24. The molecule has 0 saturated heterocycles. The van der Waals surface area contributed by atoms with Crippen LogP contribution >= 0.6 is 0 Å². The first-order valence-electron chi connectivity index (χ1n) is 14.9. The summed E-state index contributed by atoms with van der Waals surface area (Å²) < 4.78 is 0. The van der Waals surface area contributed by atoms with E-state index in [1.165, 1.54) is 87.2 Å². The van der Waals surface area contributed by atoms with Gasteiger partial charge in [0.05, 0.1) is 6.15 Å². The third-order valence-electron chi connectivity index (χ3n) is 9.05. The molecular weight excluding hydrogens is 467 g/mol. The van der Waals surface area contributed by atoms with Crippen LogP contribution in [0.1, 0.15) is 45.4 Å². The first-order valence-corrected chi connectivity index (χ1v) is 14.9. The molecule has 0 aliphatic heterocycles. The highest BCUT2D eigenvalue weighted by Crippen LogP contribution is 2.28. The quantitative estimate of drug-likeness (QED) is 0.129. The van der Waals surface area contributed by atoms with Crippen LogP contribution in [0.3, 0.4) is 0 Å². The van der Waals surface area contributed by atoms with Gasteiger partial charge in [-0.2, -0.15) is 22.7 Å². The molecule has 39 heavy (non-hydrogen) atoms. The Balaban J connectivity index is 1.68. The summed E-state index contributed by atoms with van der Waals surface area (Å²) in [6, 6.07) is 48.0. The minimum Gasteiger partial charge on any atom is -0.192 e. The average Bonchev–Trinajstić information content (AvgIpc) is 3.00. The summed E-state index contributed by atoms with van der Waals surface area (Å²) in [6.45, 7) is 2.30. The minimum absolute atomic E-state index is 1.14. The number of unbranched alkanes of at least 4 members (excludes halogenated alkanes) is 5. The number of fused-ring (bicyclic) bond motifs is 3. The first kappa shape index (κ1) is 25.4. The summed E-state index contributed by atoms with van der Waals surface area (Å²) in [5, 5.41) is 8.12. The van der Waals surface area contributed by atoms with Gasteiger partial charge in [-0.25, -0.2) is 0 Å². The number of hydrogen-bond donors (Lipinski definition) is 0. The Morgan fingerprint density at radius 3 is 1.18 bits per heavy atom. The molecule has 194 valence electrons. The molecule has 0 N–H and O–H groups in total. The Morgan fingerprint density at radius 2 is 0.744 bits per heavy atom. The lowest BCUT2D eigenvalue weighted by Crippen LogP contribution is -2.67. The molecule has 0 fully saturated rings. The van der Waals surface area contributed by atoms with Crippen LogP contribution in [-0.4, -0.2) is 6.15 Å². The molecule has 0 bridgehead atoms. The zero-order chi connectivity index (χ0) is 26.5. The number of hydrogen-bond acceptors (Lipinski definition) is 0. The van der Waals surface area contributed by atoms with Gasteiger partial charge in [0.25, 0.3) is 0 Å². The molecule has 0 saturated carbocycles. The maximum atomic E-state index is 2.43. The Morgan fingerprint density at radius 1 is 0.385 bits per heavy atom. The van der Waals surface area contributed by atoms with Crippen molar-refractivity contribution in [3.8, 4) is 0 Å². The maximum absolute atomic E-state index is 2.43. The topological polar surface area (TPSA) is 0 Å². The van der Waals surface area contributed by atoms with E-state index in [2.05, 4.69) is 134 Å². The van der Waals surface area contributed by atoms with Gasteiger partial charge in [-0.05, 0) is 16.2 Å². The van der Waals surface area contributed by atoms with Crippen molar-refractivity contribution in [1.29, 1.82) is 0 Å². The van der Waals surface area contributed by atoms with Gasteiger partial charge >= 0.3 is 0 Å². The lowest BCUT2D eigenvalue weighted by molar-refractivity contribution is 0.623. The Labute approximate surface area is 233 Å². The van der Waals surface area contributed by atoms with Crippen molar-refractivity contribution < 1.29 is 0 Å². The lowest BCUT2D eigenvalue weighted by Gasteiger charge is -2.45. The van der Waals surface area contributed by atoms with E-state index in [9.17, 15) is 0 Å². The largest absolute Gasteiger partial charge is 0.192 e. The van der Waals surface area contributed by atoms with Crippen LogP contribution in [0, 0.1) is 0 Å². The van der Waals surface area contributed by atoms with E-state index in [-0.39, 0.29) is 0 Å². The fourth-order valence-electron chi connectivity index (χ4n) is 7.24. The maximum Gasteiger partial charge on any atom is 0.0837 e. The normalized spacial score (nSPS) is 11.9. The summed E-state index contributed by atoms with van der Waals surface area (Å²) in [4.78, 5) is 0. The lowest BCUT2D eigenvalue weighted by atomic mass is 9.13. The van der Waals surface area contributed by atoms with Crippen LogP contribution in [0.4, 0.5) is 0 Å². The summed E-state index contributed by atoms with van der Waals surface area (Å²) in [6.07, 6.45) is 7.66. The Kier molecular flexibility index (Phi) is 7.50. The molecule has 0 radical (unpaired) electrons.